The summed E-state index contributed by atoms with van der Waals surface area (Å²) < 4.78 is 0. The van der Waals surface area contributed by atoms with Crippen molar-refractivity contribution in [1.82, 2.24) is 5.32 Å². The Bertz CT molecular complexity index is 534. The van der Waals surface area contributed by atoms with Gasteiger partial charge in [-0.2, -0.15) is 0 Å². The third-order valence-electron chi connectivity index (χ3n) is 6.67. The third kappa shape index (κ3) is 2.13. The lowest BCUT2D eigenvalue weighted by molar-refractivity contribution is 0.116. The first-order valence-electron chi connectivity index (χ1n) is 8.03. The van der Waals surface area contributed by atoms with Crippen LogP contribution in [-0.2, 0) is 0 Å². The first-order chi connectivity index (χ1) is 9.74. The van der Waals surface area contributed by atoms with Gasteiger partial charge in [0, 0.05) is 18.2 Å². The van der Waals surface area contributed by atoms with Crippen LogP contribution < -0.4 is 5.32 Å². The third-order valence-corrected chi connectivity index (χ3v) is 6.67. The molecule has 3 N–H and O–H groups in total. The molecule has 2 aliphatic rings. The maximum absolute atomic E-state index is 9.65. The zero-order valence-electron chi connectivity index (χ0n) is 13.5. The van der Waals surface area contributed by atoms with Gasteiger partial charge in [0.15, 0.2) is 0 Å². The molecule has 0 radical (unpaired) electrons. The van der Waals surface area contributed by atoms with Gasteiger partial charge in [-0.3, -0.25) is 0 Å². The average Bonchev–Trinajstić information content (AvgIpc) is 2.70. The molecular weight excluding hydrogens is 262 g/mol. The van der Waals surface area contributed by atoms with E-state index >= 15 is 0 Å². The Balaban J connectivity index is 1.79. The van der Waals surface area contributed by atoms with E-state index in [-0.39, 0.29) is 17.5 Å². The molecule has 21 heavy (non-hydrogen) atoms. The van der Waals surface area contributed by atoms with E-state index in [0.717, 1.165) is 11.5 Å². The number of hydrogen-bond donors (Lipinski definition) is 3. The highest BCUT2D eigenvalue weighted by molar-refractivity contribution is 5.38. The molecule has 0 spiro atoms. The van der Waals surface area contributed by atoms with Crippen LogP contribution in [0.15, 0.2) is 18.2 Å². The highest BCUT2D eigenvalue weighted by Gasteiger charge is 2.61. The summed E-state index contributed by atoms with van der Waals surface area (Å²) in [4.78, 5) is 0. The Morgan fingerprint density at radius 1 is 1.14 bits per heavy atom. The number of phenols is 2. The number of benzene rings is 1. The van der Waals surface area contributed by atoms with Gasteiger partial charge in [-0.05, 0) is 60.6 Å². The van der Waals surface area contributed by atoms with Crippen molar-refractivity contribution in [3.05, 3.63) is 23.8 Å². The van der Waals surface area contributed by atoms with E-state index in [0.29, 0.717) is 16.9 Å². The summed E-state index contributed by atoms with van der Waals surface area (Å²) >= 11 is 0. The lowest BCUT2D eigenvalue weighted by Crippen LogP contribution is -2.45. The highest BCUT2D eigenvalue weighted by atomic mass is 16.3. The van der Waals surface area contributed by atoms with E-state index in [1.807, 2.05) is 0 Å². The normalized spacial score (nSPS) is 35.0. The summed E-state index contributed by atoms with van der Waals surface area (Å²) in [5, 5.41) is 23.1. The largest absolute Gasteiger partial charge is 0.508 e. The van der Waals surface area contributed by atoms with E-state index in [2.05, 4.69) is 33.0 Å². The van der Waals surface area contributed by atoms with Crippen molar-refractivity contribution < 1.29 is 10.2 Å². The van der Waals surface area contributed by atoms with Crippen LogP contribution in [0.4, 0.5) is 0 Å². The predicted octanol–water partition coefficient (Wildman–Crippen LogP) is 3.96. The van der Waals surface area contributed by atoms with Crippen LogP contribution in [0.2, 0.25) is 0 Å². The van der Waals surface area contributed by atoms with Crippen molar-refractivity contribution in [2.24, 2.45) is 16.7 Å². The second kappa shape index (κ2) is 4.64. The summed E-state index contributed by atoms with van der Waals surface area (Å²) in [6, 6.07) is 5.47. The molecule has 3 nitrogen and oxygen atoms in total. The Kier molecular flexibility index (Phi) is 3.25. The second-order valence-corrected chi connectivity index (χ2v) is 7.83. The maximum atomic E-state index is 9.65. The van der Waals surface area contributed by atoms with E-state index < -0.39 is 0 Å². The summed E-state index contributed by atoms with van der Waals surface area (Å²) in [5.74, 6) is 1.06. The molecule has 0 saturated heterocycles. The van der Waals surface area contributed by atoms with Gasteiger partial charge >= 0.3 is 0 Å². The molecule has 3 heteroatoms. The quantitative estimate of drug-likeness (QED) is 0.789. The van der Waals surface area contributed by atoms with Crippen LogP contribution >= 0.6 is 0 Å². The van der Waals surface area contributed by atoms with Crippen molar-refractivity contribution in [1.29, 1.82) is 0 Å². The monoisotopic (exact) mass is 289 g/mol. The number of phenolic OH excluding ortho intramolecular Hbond substituents is 2. The van der Waals surface area contributed by atoms with E-state index in [9.17, 15) is 10.2 Å². The van der Waals surface area contributed by atoms with Gasteiger partial charge in [0.05, 0.1) is 0 Å². The molecule has 2 saturated carbocycles. The fourth-order valence-electron chi connectivity index (χ4n) is 4.72. The minimum Gasteiger partial charge on any atom is -0.508 e. The lowest BCUT2D eigenvalue weighted by Gasteiger charge is -2.40. The van der Waals surface area contributed by atoms with Gasteiger partial charge in [0.2, 0.25) is 0 Å². The molecular formula is C18H27NO2. The van der Waals surface area contributed by atoms with Gasteiger partial charge in [-0.15, -0.1) is 0 Å². The molecule has 3 rings (SSSR count). The van der Waals surface area contributed by atoms with E-state index in [4.69, 9.17) is 0 Å². The molecule has 4 unspecified atom stereocenters. The minimum absolute atomic E-state index is 0.123. The Hall–Kier alpha value is -1.22. The highest BCUT2D eigenvalue weighted by Crippen LogP contribution is 2.65. The van der Waals surface area contributed by atoms with Crippen LogP contribution in [0.5, 0.6) is 11.5 Å². The number of hydrogen-bond acceptors (Lipinski definition) is 3. The summed E-state index contributed by atoms with van der Waals surface area (Å²) in [6.07, 6.45) is 3.88. The summed E-state index contributed by atoms with van der Waals surface area (Å²) in [7, 11) is 0. The van der Waals surface area contributed by atoms with Crippen LogP contribution in [0.3, 0.4) is 0 Å². The van der Waals surface area contributed by atoms with Gasteiger partial charge in [0.1, 0.15) is 11.5 Å². The number of fused-ring (bicyclic) bond motifs is 2. The molecule has 0 aliphatic heterocycles. The van der Waals surface area contributed by atoms with Gasteiger partial charge < -0.3 is 15.5 Å². The second-order valence-electron chi connectivity index (χ2n) is 7.83. The fraction of sp³-hybridized carbons (Fsp3) is 0.667. The molecule has 116 valence electrons. The zero-order valence-corrected chi connectivity index (χ0v) is 13.5. The summed E-state index contributed by atoms with van der Waals surface area (Å²) in [6.45, 7) is 9.36. The van der Waals surface area contributed by atoms with Crippen LogP contribution in [0.25, 0.3) is 0 Å². The van der Waals surface area contributed by atoms with Crippen LogP contribution in [0, 0.1) is 16.7 Å². The molecule has 2 aliphatic carbocycles. The number of nitrogens with one attached hydrogen (secondary N) is 1. The Morgan fingerprint density at radius 2 is 1.76 bits per heavy atom. The van der Waals surface area contributed by atoms with E-state index in [1.54, 1.807) is 12.1 Å². The van der Waals surface area contributed by atoms with Crippen molar-refractivity contribution in [3.63, 3.8) is 0 Å². The predicted molar refractivity (Wildman–Crippen MR) is 84.3 cm³/mol. The number of rotatable bonds is 3. The Labute approximate surface area is 127 Å². The van der Waals surface area contributed by atoms with Crippen molar-refractivity contribution in [3.8, 4) is 11.5 Å². The molecule has 1 aromatic rings. The molecule has 2 fully saturated rings. The summed E-state index contributed by atoms with van der Waals surface area (Å²) in [5.41, 5.74) is 1.67. The zero-order chi connectivity index (χ0) is 15.4. The van der Waals surface area contributed by atoms with Crippen molar-refractivity contribution in [2.75, 3.05) is 0 Å². The lowest BCUT2D eigenvalue weighted by atomic mass is 9.69. The average molecular weight is 289 g/mol. The molecule has 1 aromatic carbocycles. The first kappa shape index (κ1) is 14.7. The van der Waals surface area contributed by atoms with Gasteiger partial charge in [-0.25, -0.2) is 0 Å². The number of aromatic hydroxyl groups is 2. The van der Waals surface area contributed by atoms with E-state index in [1.165, 1.54) is 25.3 Å². The van der Waals surface area contributed by atoms with Crippen molar-refractivity contribution in [2.45, 2.75) is 59.0 Å². The minimum atomic E-state index is 0.123. The Morgan fingerprint density at radius 3 is 2.24 bits per heavy atom. The van der Waals surface area contributed by atoms with Crippen molar-refractivity contribution >= 4 is 0 Å². The first-order valence-corrected chi connectivity index (χ1v) is 8.03. The van der Waals surface area contributed by atoms with Crippen LogP contribution in [0.1, 0.15) is 58.6 Å². The SMILES string of the molecule is CC(NC1CC2CCC1(C)C2(C)C)c1cc(O)cc(O)c1. The molecule has 4 atom stereocenters. The topological polar surface area (TPSA) is 52.5 Å². The van der Waals surface area contributed by atoms with Gasteiger partial charge in [-0.1, -0.05) is 20.8 Å². The molecule has 0 amide bonds. The van der Waals surface area contributed by atoms with Crippen LogP contribution in [-0.4, -0.2) is 16.3 Å². The smallest absolute Gasteiger partial charge is 0.119 e. The molecule has 2 bridgehead atoms. The standard InChI is InChI=1S/C18H27NO2/c1-11(12-7-14(20)10-15(21)8-12)19-16-9-13-5-6-18(16,4)17(13,2)3/h7-8,10-11,13,16,19-21H,5-6,9H2,1-4H3. The molecule has 0 heterocycles. The maximum Gasteiger partial charge on any atom is 0.119 e. The van der Waals surface area contributed by atoms with Gasteiger partial charge in [0.25, 0.3) is 0 Å². The molecule has 0 aromatic heterocycles. The fourth-order valence-corrected chi connectivity index (χ4v) is 4.72.